The maximum atomic E-state index is 8.54. The van der Waals surface area contributed by atoms with Gasteiger partial charge in [-0.1, -0.05) is 11.2 Å². The average Bonchev–Trinajstić information content (AvgIpc) is 2.12. The molecular weight excluding hydrogens is 198 g/mol. The van der Waals surface area contributed by atoms with E-state index in [2.05, 4.69) is 11.2 Å². The highest BCUT2D eigenvalue weighted by molar-refractivity contribution is 6.17. The van der Waals surface area contributed by atoms with Crippen LogP contribution in [0.3, 0.4) is 0 Å². The van der Waals surface area contributed by atoms with Gasteiger partial charge in [-0.3, -0.25) is 0 Å². The fourth-order valence-corrected chi connectivity index (χ4v) is 2.12. The molecule has 0 heterocycles. The van der Waals surface area contributed by atoms with Crippen molar-refractivity contribution in [3.8, 4) is 0 Å². The van der Waals surface area contributed by atoms with E-state index in [1.807, 2.05) is 20.8 Å². The summed E-state index contributed by atoms with van der Waals surface area (Å²) in [7, 11) is 0. The third-order valence-electron chi connectivity index (χ3n) is 2.51. The Bertz CT molecular complexity index is 372. The summed E-state index contributed by atoms with van der Waals surface area (Å²) in [5.74, 6) is 0.490. The molecule has 0 unspecified atom stereocenters. The van der Waals surface area contributed by atoms with Gasteiger partial charge in [0.2, 0.25) is 0 Å². The summed E-state index contributed by atoms with van der Waals surface area (Å²) < 4.78 is 0. The fraction of sp³-hybridized carbons (Fsp3) is 0.364. The van der Waals surface area contributed by atoms with E-state index < -0.39 is 0 Å². The lowest BCUT2D eigenvalue weighted by Gasteiger charge is -2.12. The monoisotopic (exact) mass is 211 g/mol. The third kappa shape index (κ3) is 1.90. The van der Waals surface area contributed by atoms with Crippen LogP contribution < -0.4 is 0 Å². The van der Waals surface area contributed by atoms with Crippen molar-refractivity contribution in [3.05, 3.63) is 33.9 Å². The summed E-state index contributed by atoms with van der Waals surface area (Å²) in [4.78, 5) is 0. The van der Waals surface area contributed by atoms with Crippen LogP contribution in [-0.4, -0.2) is 11.4 Å². The van der Waals surface area contributed by atoms with Crippen LogP contribution in [0.5, 0.6) is 0 Å². The molecule has 1 rings (SSSR count). The number of alkyl halides is 1. The summed E-state index contributed by atoms with van der Waals surface area (Å²) in [6, 6.07) is 2.06. The van der Waals surface area contributed by atoms with Gasteiger partial charge in [-0.2, -0.15) is 0 Å². The minimum atomic E-state index is 0.490. The van der Waals surface area contributed by atoms with E-state index in [4.69, 9.17) is 16.8 Å². The number of aryl methyl sites for hydroxylation is 2. The van der Waals surface area contributed by atoms with Gasteiger partial charge >= 0.3 is 0 Å². The Kier molecular flexibility index (Phi) is 3.53. The molecule has 0 aliphatic rings. The number of benzene rings is 1. The van der Waals surface area contributed by atoms with E-state index in [1.54, 1.807) is 0 Å². The molecule has 1 aromatic carbocycles. The van der Waals surface area contributed by atoms with Gasteiger partial charge in [-0.15, -0.1) is 11.6 Å². The molecule has 0 spiro atoms. The topological polar surface area (TPSA) is 32.6 Å². The molecule has 1 aromatic rings. The zero-order valence-electron chi connectivity index (χ0n) is 8.63. The molecule has 14 heavy (non-hydrogen) atoms. The molecule has 3 heteroatoms. The van der Waals surface area contributed by atoms with Gasteiger partial charge in [0.25, 0.3) is 0 Å². The second-order valence-corrected chi connectivity index (χ2v) is 3.67. The van der Waals surface area contributed by atoms with Crippen LogP contribution in [0.2, 0.25) is 0 Å². The Labute approximate surface area is 89.2 Å². The van der Waals surface area contributed by atoms with Crippen LogP contribution in [0, 0.1) is 20.8 Å². The summed E-state index contributed by atoms with van der Waals surface area (Å²) in [5.41, 5.74) is 5.45. The first-order chi connectivity index (χ1) is 6.61. The molecular formula is C11H14ClNO. The first-order valence-electron chi connectivity index (χ1n) is 4.45. The molecule has 0 aromatic heterocycles. The Morgan fingerprint density at radius 1 is 1.36 bits per heavy atom. The van der Waals surface area contributed by atoms with Gasteiger partial charge in [-0.05, 0) is 43.0 Å². The predicted octanol–water partition coefficient (Wildman–Crippen LogP) is 3.16. The summed E-state index contributed by atoms with van der Waals surface area (Å²) >= 11 is 5.85. The zero-order chi connectivity index (χ0) is 10.7. The van der Waals surface area contributed by atoms with Gasteiger partial charge in [0.1, 0.15) is 0 Å². The van der Waals surface area contributed by atoms with Crippen molar-refractivity contribution >= 4 is 17.8 Å². The molecule has 0 aliphatic heterocycles. The maximum Gasteiger partial charge on any atom is 0.0739 e. The molecule has 0 radical (unpaired) electrons. The summed E-state index contributed by atoms with van der Waals surface area (Å²) in [6.07, 6.45) is 1.46. The van der Waals surface area contributed by atoms with Crippen LogP contribution in [-0.2, 0) is 5.88 Å². The van der Waals surface area contributed by atoms with Crippen molar-refractivity contribution in [2.75, 3.05) is 0 Å². The Hall–Kier alpha value is -1.02. The second kappa shape index (κ2) is 4.47. The maximum absolute atomic E-state index is 8.54. The van der Waals surface area contributed by atoms with E-state index in [1.165, 1.54) is 11.8 Å². The normalized spacial score (nSPS) is 11.1. The third-order valence-corrected chi connectivity index (χ3v) is 2.78. The molecule has 0 saturated heterocycles. The van der Waals surface area contributed by atoms with Crippen molar-refractivity contribution in [1.29, 1.82) is 0 Å². The Balaban J connectivity index is 3.43. The Morgan fingerprint density at radius 3 is 2.50 bits per heavy atom. The van der Waals surface area contributed by atoms with E-state index in [0.717, 1.165) is 22.3 Å². The van der Waals surface area contributed by atoms with E-state index in [9.17, 15) is 0 Å². The van der Waals surface area contributed by atoms with Crippen LogP contribution in [0.25, 0.3) is 0 Å². The number of oxime groups is 1. The highest BCUT2D eigenvalue weighted by Crippen LogP contribution is 2.22. The minimum Gasteiger partial charge on any atom is -0.411 e. The summed E-state index contributed by atoms with van der Waals surface area (Å²) in [6.45, 7) is 6.03. The Morgan fingerprint density at radius 2 is 2.00 bits per heavy atom. The van der Waals surface area contributed by atoms with Crippen molar-refractivity contribution in [3.63, 3.8) is 0 Å². The highest BCUT2D eigenvalue weighted by Gasteiger charge is 2.08. The van der Waals surface area contributed by atoms with Crippen molar-refractivity contribution in [1.82, 2.24) is 0 Å². The van der Waals surface area contributed by atoms with Crippen molar-refractivity contribution in [2.45, 2.75) is 26.7 Å². The molecule has 0 saturated carbocycles. The molecule has 2 nitrogen and oxygen atoms in total. The van der Waals surface area contributed by atoms with E-state index >= 15 is 0 Å². The average molecular weight is 212 g/mol. The molecule has 76 valence electrons. The molecule has 0 fully saturated rings. The molecule has 0 aliphatic carbocycles. The van der Waals surface area contributed by atoms with E-state index in [0.29, 0.717) is 5.88 Å². The number of halogens is 1. The quantitative estimate of drug-likeness (QED) is 0.347. The number of hydrogen-bond donors (Lipinski definition) is 1. The number of nitrogens with zero attached hydrogens (tertiary/aromatic N) is 1. The zero-order valence-corrected chi connectivity index (χ0v) is 9.39. The van der Waals surface area contributed by atoms with E-state index in [-0.39, 0.29) is 0 Å². The predicted molar refractivity (Wildman–Crippen MR) is 59.6 cm³/mol. The fourth-order valence-electron chi connectivity index (χ4n) is 1.71. The van der Waals surface area contributed by atoms with Crippen LogP contribution in [0.1, 0.15) is 27.8 Å². The van der Waals surface area contributed by atoms with Crippen LogP contribution >= 0.6 is 11.6 Å². The lowest BCUT2D eigenvalue weighted by molar-refractivity contribution is 0.322. The largest absolute Gasteiger partial charge is 0.411 e. The standard InChI is InChI=1S/C11H14ClNO/c1-7-4-8(2)11(6-13-14)9(3)10(7)5-12/h4,6,14H,5H2,1-3H3/b13-6-. The van der Waals surface area contributed by atoms with Crippen LogP contribution in [0.4, 0.5) is 0 Å². The summed E-state index contributed by atoms with van der Waals surface area (Å²) in [5, 5.41) is 11.6. The SMILES string of the molecule is Cc1cc(C)c(CCl)c(C)c1/C=N\O. The van der Waals surface area contributed by atoms with Crippen LogP contribution in [0.15, 0.2) is 11.2 Å². The molecule has 0 amide bonds. The smallest absolute Gasteiger partial charge is 0.0739 e. The molecule has 1 N–H and O–H groups in total. The molecule has 0 bridgehead atoms. The molecule has 0 atom stereocenters. The second-order valence-electron chi connectivity index (χ2n) is 3.41. The first-order valence-corrected chi connectivity index (χ1v) is 4.98. The van der Waals surface area contributed by atoms with Gasteiger partial charge in [0, 0.05) is 11.4 Å². The van der Waals surface area contributed by atoms with Gasteiger partial charge < -0.3 is 5.21 Å². The van der Waals surface area contributed by atoms with Crippen molar-refractivity contribution in [2.24, 2.45) is 5.16 Å². The van der Waals surface area contributed by atoms with Gasteiger partial charge in [-0.25, -0.2) is 0 Å². The van der Waals surface area contributed by atoms with Gasteiger partial charge in [0.15, 0.2) is 0 Å². The highest BCUT2D eigenvalue weighted by atomic mass is 35.5. The number of hydrogen-bond acceptors (Lipinski definition) is 2. The first kappa shape index (κ1) is 11.1. The minimum absolute atomic E-state index is 0.490. The lowest BCUT2D eigenvalue weighted by atomic mass is 9.95. The number of rotatable bonds is 2. The lowest BCUT2D eigenvalue weighted by Crippen LogP contribution is -1.99. The van der Waals surface area contributed by atoms with Gasteiger partial charge in [0.05, 0.1) is 6.21 Å². The van der Waals surface area contributed by atoms with Crippen molar-refractivity contribution < 1.29 is 5.21 Å².